The van der Waals surface area contributed by atoms with Gasteiger partial charge in [-0.2, -0.15) is 0 Å². The zero-order chi connectivity index (χ0) is 9.97. The van der Waals surface area contributed by atoms with Crippen LogP contribution in [0.3, 0.4) is 0 Å². The van der Waals surface area contributed by atoms with Gasteiger partial charge >= 0.3 is 0 Å². The van der Waals surface area contributed by atoms with Gasteiger partial charge in [0.15, 0.2) is 0 Å². The molecule has 2 aromatic carbocycles. The monoisotopic (exact) mass is 174 g/mol. The van der Waals surface area contributed by atoms with E-state index < -0.39 is 0 Å². The Morgan fingerprint density at radius 3 is 1.43 bits per heavy atom. The van der Waals surface area contributed by atoms with E-state index in [0.29, 0.717) is 0 Å². The molecule has 0 aliphatic rings. The molecule has 0 saturated heterocycles. The first-order valence-corrected chi connectivity index (χ1v) is 4.47. The van der Waals surface area contributed by atoms with Gasteiger partial charge in [0.05, 0.1) is 0 Å². The Kier molecular flexibility index (Phi) is 2.45. The molecule has 62 valence electrons. The van der Waals surface area contributed by atoms with E-state index in [4.69, 9.17) is 15.7 Å². The normalized spacial score (nSPS) is 10.0. The summed E-state index contributed by atoms with van der Waals surface area (Å²) in [5.41, 5.74) is 3.73. The Bertz CT molecular complexity index is 406. The molecule has 0 saturated carbocycles. The van der Waals surface area contributed by atoms with Crippen molar-refractivity contribution in [1.82, 2.24) is 0 Å². The second kappa shape index (κ2) is 3.75. The van der Waals surface area contributed by atoms with Crippen LogP contribution in [-0.2, 0) is 0 Å². The van der Waals surface area contributed by atoms with Gasteiger partial charge in [-0.05, 0) is 11.1 Å². The summed E-state index contributed by atoms with van der Waals surface area (Å²) in [6, 6.07) is 15.5. The van der Waals surface area contributed by atoms with Crippen molar-refractivity contribution in [3.8, 4) is 11.1 Å². The fourth-order valence-corrected chi connectivity index (χ4v) is 1.44. The van der Waals surface area contributed by atoms with Crippen LogP contribution in [-0.4, -0.2) is 15.7 Å². The third-order valence-electron chi connectivity index (χ3n) is 2.11. The smallest absolute Gasteiger partial charge is 0.0961 e. The molecule has 0 spiro atoms. The van der Waals surface area contributed by atoms with Crippen LogP contribution >= 0.6 is 0 Å². The average Bonchev–Trinajstić information content (AvgIpc) is 2.18. The quantitative estimate of drug-likeness (QED) is 0.564. The minimum atomic E-state index is 0.768. The van der Waals surface area contributed by atoms with E-state index in [1.807, 2.05) is 48.5 Å². The molecule has 0 aromatic heterocycles. The zero-order valence-corrected chi connectivity index (χ0v) is 7.77. The minimum absolute atomic E-state index is 0.768. The van der Waals surface area contributed by atoms with Gasteiger partial charge in [-0.3, -0.25) is 0 Å². The average molecular weight is 174 g/mol. The standard InChI is InChI=1S/C12H8B2/c13-11-5-1-3-9(7-11)10-4-2-6-12(14)8-10/h1-8H. The number of benzene rings is 2. The third kappa shape index (κ3) is 1.90. The summed E-state index contributed by atoms with van der Waals surface area (Å²) in [5, 5.41) is 0. The SMILES string of the molecule is [B]c1cccc(-c2cccc([B])c2)c1. The van der Waals surface area contributed by atoms with Crippen LogP contribution in [0.15, 0.2) is 48.5 Å². The largest absolute Gasteiger partial charge is 0.113 e. The van der Waals surface area contributed by atoms with Crippen molar-refractivity contribution in [3.05, 3.63) is 48.5 Å². The fourth-order valence-electron chi connectivity index (χ4n) is 1.44. The second-order valence-corrected chi connectivity index (χ2v) is 3.25. The van der Waals surface area contributed by atoms with E-state index >= 15 is 0 Å². The van der Waals surface area contributed by atoms with Gasteiger partial charge in [-0.15, -0.1) is 0 Å². The zero-order valence-electron chi connectivity index (χ0n) is 7.77. The van der Waals surface area contributed by atoms with Gasteiger partial charge in [0.25, 0.3) is 0 Å². The molecule has 0 aliphatic carbocycles. The molecule has 0 fully saturated rings. The van der Waals surface area contributed by atoms with E-state index in [-0.39, 0.29) is 0 Å². The van der Waals surface area contributed by atoms with Crippen molar-refractivity contribution in [2.45, 2.75) is 0 Å². The highest BCUT2D eigenvalue weighted by molar-refractivity contribution is 6.33. The maximum atomic E-state index is 5.70. The van der Waals surface area contributed by atoms with Crippen LogP contribution in [0.2, 0.25) is 0 Å². The van der Waals surface area contributed by atoms with E-state index in [9.17, 15) is 0 Å². The van der Waals surface area contributed by atoms with E-state index in [1.54, 1.807) is 0 Å². The van der Waals surface area contributed by atoms with Crippen LogP contribution in [0.4, 0.5) is 0 Å². The van der Waals surface area contributed by atoms with Crippen molar-refractivity contribution in [2.24, 2.45) is 0 Å². The molecule has 0 unspecified atom stereocenters. The predicted molar refractivity (Wildman–Crippen MR) is 62.7 cm³/mol. The first-order chi connectivity index (χ1) is 6.75. The molecule has 0 heterocycles. The molecule has 0 aliphatic heterocycles. The first-order valence-electron chi connectivity index (χ1n) is 4.47. The maximum Gasteiger partial charge on any atom is 0.113 e. The summed E-state index contributed by atoms with van der Waals surface area (Å²) in [7, 11) is 11.4. The lowest BCUT2D eigenvalue weighted by Crippen LogP contribution is -2.03. The van der Waals surface area contributed by atoms with Gasteiger partial charge in [-0.1, -0.05) is 59.5 Å². The summed E-state index contributed by atoms with van der Waals surface area (Å²) < 4.78 is 0. The van der Waals surface area contributed by atoms with Crippen molar-refractivity contribution in [3.63, 3.8) is 0 Å². The second-order valence-electron chi connectivity index (χ2n) is 3.25. The number of hydrogen-bond acceptors (Lipinski definition) is 0. The van der Waals surface area contributed by atoms with Crippen LogP contribution in [0.1, 0.15) is 0 Å². The highest BCUT2D eigenvalue weighted by Crippen LogP contribution is 2.15. The fraction of sp³-hybridized carbons (Fsp3) is 0. The molecule has 14 heavy (non-hydrogen) atoms. The Morgan fingerprint density at radius 1 is 0.643 bits per heavy atom. The van der Waals surface area contributed by atoms with Crippen LogP contribution in [0, 0.1) is 0 Å². The Labute approximate surface area is 86.8 Å². The molecule has 0 amide bonds. The lowest BCUT2D eigenvalue weighted by Gasteiger charge is -2.03. The lowest BCUT2D eigenvalue weighted by molar-refractivity contribution is 1.66. The van der Waals surface area contributed by atoms with Crippen LogP contribution in [0.25, 0.3) is 11.1 Å². The van der Waals surface area contributed by atoms with E-state index in [1.165, 1.54) is 0 Å². The van der Waals surface area contributed by atoms with Gasteiger partial charge < -0.3 is 0 Å². The molecule has 0 nitrogen and oxygen atoms in total. The van der Waals surface area contributed by atoms with E-state index in [2.05, 4.69) is 0 Å². The van der Waals surface area contributed by atoms with Crippen molar-refractivity contribution < 1.29 is 0 Å². The summed E-state index contributed by atoms with van der Waals surface area (Å²) >= 11 is 0. The van der Waals surface area contributed by atoms with Gasteiger partial charge in [-0.25, -0.2) is 0 Å². The summed E-state index contributed by atoms with van der Waals surface area (Å²) in [5.74, 6) is 0. The molecular formula is C12H8B2. The van der Waals surface area contributed by atoms with Crippen molar-refractivity contribution >= 4 is 26.6 Å². The Balaban J connectivity index is 2.49. The predicted octanol–water partition coefficient (Wildman–Crippen LogP) is 0.941. The highest BCUT2D eigenvalue weighted by Gasteiger charge is 1.96. The first kappa shape index (κ1) is 9.14. The van der Waals surface area contributed by atoms with Gasteiger partial charge in [0.1, 0.15) is 15.7 Å². The van der Waals surface area contributed by atoms with Crippen LogP contribution in [0.5, 0.6) is 0 Å². The number of rotatable bonds is 1. The summed E-state index contributed by atoms with van der Waals surface area (Å²) in [4.78, 5) is 0. The third-order valence-corrected chi connectivity index (χ3v) is 2.11. The topological polar surface area (TPSA) is 0 Å². The van der Waals surface area contributed by atoms with Crippen molar-refractivity contribution in [2.75, 3.05) is 0 Å². The van der Waals surface area contributed by atoms with E-state index in [0.717, 1.165) is 22.1 Å². The van der Waals surface area contributed by atoms with Crippen molar-refractivity contribution in [1.29, 1.82) is 0 Å². The minimum Gasteiger partial charge on any atom is -0.0961 e. The Morgan fingerprint density at radius 2 is 1.07 bits per heavy atom. The molecule has 0 bridgehead atoms. The summed E-state index contributed by atoms with van der Waals surface area (Å²) in [6.45, 7) is 0. The molecule has 0 N–H and O–H groups in total. The maximum absolute atomic E-state index is 5.70. The molecule has 2 heteroatoms. The lowest BCUT2D eigenvalue weighted by atomic mass is 9.89. The Hall–Kier alpha value is -1.43. The molecule has 2 rings (SSSR count). The molecule has 0 atom stereocenters. The highest BCUT2D eigenvalue weighted by atomic mass is 14.0. The van der Waals surface area contributed by atoms with Crippen LogP contribution < -0.4 is 10.9 Å². The van der Waals surface area contributed by atoms with Gasteiger partial charge in [0, 0.05) is 0 Å². The summed E-state index contributed by atoms with van der Waals surface area (Å²) in [6.07, 6.45) is 0. The molecular weight excluding hydrogens is 166 g/mol. The molecule has 4 radical (unpaired) electrons. The molecule has 2 aromatic rings. The van der Waals surface area contributed by atoms with Gasteiger partial charge in [0.2, 0.25) is 0 Å². The number of hydrogen-bond donors (Lipinski definition) is 0.